The van der Waals surface area contributed by atoms with Crippen LogP contribution in [0.3, 0.4) is 0 Å². The molecule has 1 amide bonds. The maximum atomic E-state index is 14.3. The first-order valence-corrected chi connectivity index (χ1v) is 7.82. The number of nitrogens with one attached hydrogen (secondary N) is 1. The fourth-order valence-corrected chi connectivity index (χ4v) is 2.54. The van der Waals surface area contributed by atoms with Crippen molar-refractivity contribution >= 4 is 11.6 Å². The van der Waals surface area contributed by atoms with Gasteiger partial charge in [-0.2, -0.15) is 0 Å². The smallest absolute Gasteiger partial charge is 0.261 e. The van der Waals surface area contributed by atoms with Gasteiger partial charge < -0.3 is 15.0 Å². The summed E-state index contributed by atoms with van der Waals surface area (Å²) in [7, 11) is 5.07. The van der Waals surface area contributed by atoms with Crippen molar-refractivity contribution in [1.29, 1.82) is 0 Å². The Hall–Kier alpha value is -2.31. The molecule has 0 saturated heterocycles. The van der Waals surface area contributed by atoms with Crippen LogP contribution in [0.2, 0.25) is 0 Å². The topological polar surface area (TPSA) is 41.6 Å². The minimum Gasteiger partial charge on any atom is -0.364 e. The van der Waals surface area contributed by atoms with Gasteiger partial charge in [-0.25, -0.2) is 8.78 Å². The van der Waals surface area contributed by atoms with Gasteiger partial charge in [0, 0.05) is 19.2 Å². The van der Waals surface area contributed by atoms with E-state index in [1.807, 2.05) is 19.0 Å². The highest BCUT2D eigenvalue weighted by molar-refractivity contribution is 5.97. The molecule has 1 atom stereocenters. The Bertz CT molecular complexity index is 765. The summed E-state index contributed by atoms with van der Waals surface area (Å²) in [5, 5.41) is 2.49. The Labute approximate surface area is 146 Å². The average molecular weight is 348 g/mol. The van der Waals surface area contributed by atoms with E-state index >= 15 is 0 Å². The maximum absolute atomic E-state index is 14.3. The SMILES string of the molecule is CO[C@@](C)(C(=O)Nc1ccc(CN(C)C)cc1F)c1ccccc1F. The third kappa shape index (κ3) is 4.21. The number of anilines is 1. The van der Waals surface area contributed by atoms with Crippen molar-refractivity contribution in [1.82, 2.24) is 4.90 Å². The number of nitrogens with zero attached hydrogens (tertiary/aromatic N) is 1. The summed E-state index contributed by atoms with van der Waals surface area (Å²) in [6.07, 6.45) is 0. The predicted octanol–water partition coefficient (Wildman–Crippen LogP) is 3.53. The lowest BCUT2D eigenvalue weighted by molar-refractivity contribution is -0.137. The van der Waals surface area contributed by atoms with Crippen LogP contribution in [0.4, 0.5) is 14.5 Å². The van der Waals surface area contributed by atoms with Crippen LogP contribution in [0, 0.1) is 11.6 Å². The van der Waals surface area contributed by atoms with Gasteiger partial charge in [-0.15, -0.1) is 0 Å². The van der Waals surface area contributed by atoms with E-state index in [9.17, 15) is 13.6 Å². The number of methoxy groups -OCH3 is 1. The molecule has 25 heavy (non-hydrogen) atoms. The van der Waals surface area contributed by atoms with Crippen molar-refractivity contribution in [2.45, 2.75) is 19.1 Å². The molecule has 4 nitrogen and oxygen atoms in total. The second-order valence-corrected chi connectivity index (χ2v) is 6.22. The Morgan fingerprint density at radius 3 is 2.40 bits per heavy atom. The largest absolute Gasteiger partial charge is 0.364 e. The lowest BCUT2D eigenvalue weighted by Crippen LogP contribution is -2.40. The Morgan fingerprint density at radius 2 is 1.84 bits per heavy atom. The number of halogens is 2. The zero-order chi connectivity index (χ0) is 18.6. The second kappa shape index (κ2) is 7.72. The van der Waals surface area contributed by atoms with E-state index in [0.29, 0.717) is 6.54 Å². The van der Waals surface area contributed by atoms with E-state index in [1.165, 1.54) is 44.4 Å². The van der Waals surface area contributed by atoms with Gasteiger partial charge >= 0.3 is 0 Å². The number of hydrogen-bond acceptors (Lipinski definition) is 3. The summed E-state index contributed by atoms with van der Waals surface area (Å²) >= 11 is 0. The highest BCUT2D eigenvalue weighted by Crippen LogP contribution is 2.29. The first-order chi connectivity index (χ1) is 11.8. The molecule has 0 saturated carbocycles. The van der Waals surface area contributed by atoms with Crippen molar-refractivity contribution in [3.8, 4) is 0 Å². The van der Waals surface area contributed by atoms with Gasteiger partial charge in [0.15, 0.2) is 5.60 Å². The van der Waals surface area contributed by atoms with E-state index < -0.39 is 23.1 Å². The van der Waals surface area contributed by atoms with E-state index in [4.69, 9.17) is 4.74 Å². The van der Waals surface area contributed by atoms with E-state index in [2.05, 4.69) is 5.32 Å². The third-order valence-electron chi connectivity index (χ3n) is 4.01. The molecule has 2 aromatic rings. The fraction of sp³-hybridized carbons (Fsp3) is 0.316. The van der Waals surface area contributed by atoms with E-state index in [0.717, 1.165) is 5.56 Å². The molecule has 0 aliphatic heterocycles. The van der Waals surface area contributed by atoms with Gasteiger partial charge in [-0.1, -0.05) is 24.3 Å². The molecule has 0 fully saturated rings. The summed E-state index contributed by atoms with van der Waals surface area (Å²) in [6, 6.07) is 10.4. The molecular formula is C19H22F2N2O2. The van der Waals surface area contributed by atoms with Crippen LogP contribution in [-0.4, -0.2) is 32.0 Å². The van der Waals surface area contributed by atoms with Crippen LogP contribution in [-0.2, 0) is 21.7 Å². The number of benzene rings is 2. The monoisotopic (exact) mass is 348 g/mol. The molecule has 0 unspecified atom stereocenters. The average Bonchev–Trinajstić information content (AvgIpc) is 2.56. The molecule has 0 bridgehead atoms. The number of hydrogen-bond donors (Lipinski definition) is 1. The molecule has 0 aliphatic carbocycles. The van der Waals surface area contributed by atoms with Crippen molar-refractivity contribution < 1.29 is 18.3 Å². The summed E-state index contributed by atoms with van der Waals surface area (Å²) in [6.45, 7) is 2.02. The van der Waals surface area contributed by atoms with Crippen LogP contribution in [0.1, 0.15) is 18.1 Å². The quantitative estimate of drug-likeness (QED) is 0.868. The van der Waals surface area contributed by atoms with E-state index in [-0.39, 0.29) is 11.3 Å². The number of carbonyl (C=O) groups is 1. The van der Waals surface area contributed by atoms with Crippen molar-refractivity contribution in [2.24, 2.45) is 0 Å². The molecule has 2 aromatic carbocycles. The third-order valence-corrected chi connectivity index (χ3v) is 4.01. The van der Waals surface area contributed by atoms with Gasteiger partial charge in [0.2, 0.25) is 0 Å². The molecule has 134 valence electrons. The standard InChI is InChI=1S/C19H22F2N2O2/c1-19(25-4,14-7-5-6-8-15(14)20)18(24)22-17-10-9-13(11-16(17)21)12-23(2)3/h5-11H,12H2,1-4H3,(H,22,24)/t19-/m1/s1. The fourth-order valence-electron chi connectivity index (χ4n) is 2.54. The van der Waals surface area contributed by atoms with Gasteiger partial charge in [-0.05, 0) is 44.8 Å². The van der Waals surface area contributed by atoms with Crippen LogP contribution in [0.25, 0.3) is 0 Å². The predicted molar refractivity (Wildman–Crippen MR) is 93.2 cm³/mol. The number of carbonyl (C=O) groups excluding carboxylic acids is 1. The lowest BCUT2D eigenvalue weighted by atomic mass is 9.94. The molecule has 1 N–H and O–H groups in total. The maximum Gasteiger partial charge on any atom is 0.261 e. The molecule has 0 radical (unpaired) electrons. The minimum absolute atomic E-state index is 0.0205. The van der Waals surface area contributed by atoms with Gasteiger partial charge in [0.25, 0.3) is 5.91 Å². The van der Waals surface area contributed by atoms with Crippen LogP contribution >= 0.6 is 0 Å². The van der Waals surface area contributed by atoms with Crippen molar-refractivity contribution in [2.75, 3.05) is 26.5 Å². The first kappa shape index (κ1) is 19.0. The van der Waals surface area contributed by atoms with Crippen LogP contribution in [0.15, 0.2) is 42.5 Å². The van der Waals surface area contributed by atoms with Gasteiger partial charge in [-0.3, -0.25) is 4.79 Å². The van der Waals surface area contributed by atoms with Crippen LogP contribution in [0.5, 0.6) is 0 Å². The molecule has 0 spiro atoms. The molecule has 6 heteroatoms. The lowest BCUT2D eigenvalue weighted by Gasteiger charge is -2.27. The number of ether oxygens (including phenoxy) is 1. The Balaban J connectivity index is 2.27. The van der Waals surface area contributed by atoms with Gasteiger partial charge in [0.1, 0.15) is 11.6 Å². The summed E-state index contributed by atoms with van der Waals surface area (Å²) in [5.41, 5.74) is -0.698. The first-order valence-electron chi connectivity index (χ1n) is 7.82. The van der Waals surface area contributed by atoms with E-state index in [1.54, 1.807) is 12.1 Å². The highest BCUT2D eigenvalue weighted by Gasteiger charge is 2.38. The number of amides is 1. The Kier molecular flexibility index (Phi) is 5.87. The molecule has 0 aromatic heterocycles. The molecular weight excluding hydrogens is 326 g/mol. The molecule has 2 rings (SSSR count). The molecule has 0 aliphatic rings. The van der Waals surface area contributed by atoms with Crippen LogP contribution < -0.4 is 5.32 Å². The molecule has 0 heterocycles. The minimum atomic E-state index is -1.58. The summed E-state index contributed by atoms with van der Waals surface area (Å²) < 4.78 is 33.6. The van der Waals surface area contributed by atoms with Crippen molar-refractivity contribution in [3.63, 3.8) is 0 Å². The Morgan fingerprint density at radius 1 is 1.16 bits per heavy atom. The summed E-state index contributed by atoms with van der Waals surface area (Å²) in [5.74, 6) is -1.78. The number of rotatable bonds is 6. The zero-order valence-corrected chi connectivity index (χ0v) is 14.8. The highest BCUT2D eigenvalue weighted by atomic mass is 19.1. The van der Waals surface area contributed by atoms with Crippen molar-refractivity contribution in [3.05, 3.63) is 65.2 Å². The van der Waals surface area contributed by atoms with Gasteiger partial charge in [0.05, 0.1) is 5.69 Å². The summed E-state index contributed by atoms with van der Waals surface area (Å²) in [4.78, 5) is 14.6. The zero-order valence-electron chi connectivity index (χ0n) is 14.8. The second-order valence-electron chi connectivity index (χ2n) is 6.22. The normalized spacial score (nSPS) is 13.6.